The number of rotatable bonds is 24. The third-order valence-corrected chi connectivity index (χ3v) is 18.0. The summed E-state index contributed by atoms with van der Waals surface area (Å²) in [6.07, 6.45) is 23.2. The SMILES string of the molecule is CCOC(=O)c1ccc2cnn(C[C@H](C)CN3[C@@H]4CC[C@H]3CC(OCC3CC3)C4)c2c1.CCOC(=O)c1ccc2cnn(C[C@H](C)COS(C)(=O)=O)c2c1.C[C@H](CN1[C@@H]2CC[C@H]1CC(OCC1CC1)C2)Cn1ncc2ccc(CO)cc21.[AlH3].[H-].[Li+]. The number of carbonyl (C=O) groups is 2. The van der Waals surface area contributed by atoms with Crippen molar-refractivity contribution in [3.05, 3.63) is 89.9 Å². The summed E-state index contributed by atoms with van der Waals surface area (Å²) >= 11 is 0. The van der Waals surface area contributed by atoms with Crippen LogP contribution < -0.4 is 18.9 Å². The summed E-state index contributed by atoms with van der Waals surface area (Å²) < 4.78 is 55.4. The number of fused-ring (bicyclic) bond motifs is 7. The zero-order chi connectivity index (χ0) is 57.5. The normalized spacial score (nSPS) is 23.2. The van der Waals surface area contributed by atoms with Gasteiger partial charge in [-0.25, -0.2) is 9.59 Å². The smallest absolute Gasteiger partial charge is 1.00 e. The predicted molar refractivity (Wildman–Crippen MR) is 327 cm³/mol. The molecule has 4 aliphatic heterocycles. The molecule has 3 aromatic carbocycles. The van der Waals surface area contributed by atoms with Gasteiger partial charge in [-0.1, -0.05) is 45.0 Å². The van der Waals surface area contributed by atoms with E-state index in [9.17, 15) is 23.1 Å². The van der Waals surface area contributed by atoms with Crippen LogP contribution in [0.15, 0.2) is 73.2 Å². The minimum atomic E-state index is -3.46. The van der Waals surface area contributed by atoms with Crippen LogP contribution >= 0.6 is 0 Å². The Balaban J connectivity index is 0.000000182. The molecule has 1 N–H and O–H groups in total. The molecule has 0 radical (unpaired) electrons. The van der Waals surface area contributed by atoms with E-state index in [1.807, 2.05) is 56.6 Å². The Hall–Kier alpha value is -4.15. The first-order valence-corrected chi connectivity index (χ1v) is 32.3. The van der Waals surface area contributed by atoms with E-state index in [2.05, 4.69) is 60.4 Å². The Labute approximate surface area is 520 Å². The average molecular weight is 1190 g/mol. The van der Waals surface area contributed by atoms with E-state index < -0.39 is 10.1 Å². The molecule has 6 fully saturated rings. The van der Waals surface area contributed by atoms with Crippen molar-refractivity contribution in [3.63, 3.8) is 0 Å². The summed E-state index contributed by atoms with van der Waals surface area (Å²) in [5, 5.41) is 26.1. The first-order valence-electron chi connectivity index (χ1n) is 30.5. The Bertz CT molecular complexity index is 3200. The topological polar surface area (TPSA) is 195 Å². The Kier molecular flexibility index (Phi) is 23.6. The number of piperidine rings is 2. The largest absolute Gasteiger partial charge is 1.00 e. The maximum atomic E-state index is 12.1. The van der Waals surface area contributed by atoms with Gasteiger partial charge in [0.25, 0.3) is 10.1 Å². The minimum absolute atomic E-state index is 0. The van der Waals surface area contributed by atoms with Gasteiger partial charge in [0.2, 0.25) is 0 Å². The number of benzene rings is 3. The van der Waals surface area contributed by atoms with Crippen LogP contribution in [0.4, 0.5) is 0 Å². The van der Waals surface area contributed by atoms with Crippen molar-refractivity contribution in [1.29, 1.82) is 0 Å². The zero-order valence-corrected chi connectivity index (χ0v) is 51.0. The molecule has 9 atom stereocenters. The van der Waals surface area contributed by atoms with Crippen molar-refractivity contribution >= 4 is 72.1 Å². The van der Waals surface area contributed by atoms with Crippen LogP contribution in [0.1, 0.15) is 139 Å². The molecule has 2 saturated carbocycles. The molecule has 18 nitrogen and oxygen atoms in total. The molecule has 2 unspecified atom stereocenters. The van der Waals surface area contributed by atoms with Crippen molar-refractivity contribution in [3.8, 4) is 0 Å². The molecular weight excluding hydrogens is 1090 g/mol. The average Bonchev–Trinajstić information content (AvgIpc) is 3.06. The number of aliphatic hydroxyl groups is 1. The number of hydrogen-bond donors (Lipinski definition) is 1. The molecule has 84 heavy (non-hydrogen) atoms. The van der Waals surface area contributed by atoms with Gasteiger partial charge >= 0.3 is 30.8 Å². The number of hydrogen-bond acceptors (Lipinski definition) is 15. The fourth-order valence-electron chi connectivity index (χ4n) is 12.9. The Morgan fingerprint density at radius 3 is 1.33 bits per heavy atom. The maximum Gasteiger partial charge on any atom is 1.00 e. The standard InChI is InChI=1S/C25H35N3O3.C23H33N3O2.C15H20N2O5S.Al.Li.4H/c1-3-30-25(29)19-6-7-20-13-26-28(24(20)10-19)15-17(2)14-27-21-8-9-22(27)12-23(11-21)31-16-18-4-5-18;1-16(13-26-23-8-18(14-27)4-5-19(23)11-24-26)12-25-20-6-7-21(25)10-22(9-20)28-15-17-2-3-17;1-4-21-15(18)12-5-6-13-8-16-17(14(13)7-12)9-11(2)10-22-23(3,19)20;;;;;;/h6-7,10,13,17-18,21-23H,3-5,8-9,11-12,14-16H2,1-2H3;4-5,8,11,16-17,20-22,27H,2-3,6-7,9-10,12-15H2,1H3;5-8,11H,4,9-10H2,1-3H3;;;;;;/q;;;;+1;;;;-1/t17-,21-,22+,23?;16-,20-,21+,22?;11-;;;;;;/m110....../s1. The molecule has 2 aliphatic carbocycles. The van der Waals surface area contributed by atoms with E-state index in [0.29, 0.717) is 79.1 Å². The molecule has 0 amide bonds. The number of carbonyl (C=O) groups excluding carboxylic acids is 2. The van der Waals surface area contributed by atoms with Crippen molar-refractivity contribution in [2.45, 2.75) is 174 Å². The van der Waals surface area contributed by atoms with Crippen LogP contribution in [0.2, 0.25) is 0 Å². The molecule has 21 heteroatoms. The zero-order valence-electron chi connectivity index (χ0n) is 51.1. The quantitative estimate of drug-likeness (QED) is 0.0446. The molecule has 6 aliphatic rings. The van der Waals surface area contributed by atoms with E-state index >= 15 is 0 Å². The number of esters is 2. The molecule has 0 spiro atoms. The van der Waals surface area contributed by atoms with Crippen LogP contribution in [0.3, 0.4) is 0 Å². The third kappa shape index (κ3) is 17.6. The van der Waals surface area contributed by atoms with E-state index in [1.165, 1.54) is 77.0 Å². The summed E-state index contributed by atoms with van der Waals surface area (Å²) in [5.74, 6) is 2.05. The van der Waals surface area contributed by atoms with Crippen molar-refractivity contribution in [1.82, 2.24) is 39.1 Å². The molecule has 12 rings (SSSR count). The number of nitrogens with zero attached hydrogens (tertiary/aromatic N) is 8. The molecule has 4 saturated heterocycles. The number of aromatic nitrogens is 6. The molecule has 6 aromatic rings. The predicted octanol–water partition coefficient (Wildman–Crippen LogP) is 5.62. The first kappa shape index (κ1) is 65.8. The monoisotopic (exact) mass is 1190 g/mol. The number of aliphatic hydroxyl groups excluding tert-OH is 1. The summed E-state index contributed by atoms with van der Waals surface area (Å²) in [6.45, 7) is 17.5. The molecule has 3 aromatic heterocycles. The van der Waals surface area contributed by atoms with Gasteiger partial charge in [0.05, 0.1) is 91.2 Å². The van der Waals surface area contributed by atoms with Gasteiger partial charge in [-0.15, -0.1) is 0 Å². The second kappa shape index (κ2) is 30.2. The van der Waals surface area contributed by atoms with Gasteiger partial charge in [-0.05, 0) is 150 Å². The Morgan fingerprint density at radius 2 is 0.964 bits per heavy atom. The minimum Gasteiger partial charge on any atom is -1.00 e. The van der Waals surface area contributed by atoms with E-state index in [0.717, 1.165) is 95.8 Å². The summed E-state index contributed by atoms with van der Waals surface area (Å²) in [4.78, 5) is 29.5. The van der Waals surface area contributed by atoms with Crippen LogP contribution in [-0.4, -0.2) is 171 Å². The van der Waals surface area contributed by atoms with Crippen LogP contribution in [0.5, 0.6) is 0 Å². The van der Waals surface area contributed by atoms with E-state index in [-0.39, 0.29) is 68.7 Å². The van der Waals surface area contributed by atoms with Crippen molar-refractivity contribution in [2.75, 3.05) is 52.4 Å². The van der Waals surface area contributed by atoms with E-state index in [4.69, 9.17) is 23.1 Å². The number of ether oxygens (including phenoxy) is 4. The second-order valence-electron chi connectivity index (χ2n) is 24.7. The summed E-state index contributed by atoms with van der Waals surface area (Å²) in [5.41, 5.74) is 4.94. The maximum absolute atomic E-state index is 12.1. The van der Waals surface area contributed by atoms with Crippen molar-refractivity contribution in [2.24, 2.45) is 29.6 Å². The van der Waals surface area contributed by atoms with E-state index in [1.54, 1.807) is 29.9 Å². The van der Waals surface area contributed by atoms with Crippen LogP contribution in [0.25, 0.3) is 32.7 Å². The van der Waals surface area contributed by atoms with Gasteiger partial charge < -0.3 is 25.5 Å². The fourth-order valence-corrected chi connectivity index (χ4v) is 13.4. The van der Waals surface area contributed by atoms with Gasteiger partial charge in [0.15, 0.2) is 17.4 Å². The molecule has 7 heterocycles. The second-order valence-corrected chi connectivity index (χ2v) is 26.4. The summed E-state index contributed by atoms with van der Waals surface area (Å²) in [7, 11) is -3.46. The van der Waals surface area contributed by atoms with Crippen LogP contribution in [0, 0.1) is 29.6 Å². The molecular formula is C63H92AlLiN8O10S. The Morgan fingerprint density at radius 1 is 0.583 bits per heavy atom. The molecule has 454 valence electrons. The first-order chi connectivity index (χ1) is 39.6. The van der Waals surface area contributed by atoms with Crippen molar-refractivity contribution < 1.29 is 66.5 Å². The molecule has 4 bridgehead atoms. The van der Waals surface area contributed by atoms with Crippen LogP contribution in [-0.2, 0) is 59.5 Å². The van der Waals surface area contributed by atoms with Gasteiger partial charge in [-0.3, -0.25) is 28.0 Å². The van der Waals surface area contributed by atoms with Gasteiger partial charge in [-0.2, -0.15) is 23.7 Å². The summed E-state index contributed by atoms with van der Waals surface area (Å²) in [6, 6.07) is 19.8. The van der Waals surface area contributed by atoms with Gasteiger partial charge in [0.1, 0.15) is 0 Å². The fraction of sp³-hybridized carbons (Fsp3) is 0.635. The van der Waals surface area contributed by atoms with Gasteiger partial charge in [0, 0.05) is 92.2 Å². The third-order valence-electron chi connectivity index (χ3n) is 17.5.